The molecule has 4 heteroatoms. The summed E-state index contributed by atoms with van der Waals surface area (Å²) in [7, 11) is 0. The van der Waals surface area contributed by atoms with Crippen molar-refractivity contribution < 1.29 is 15.0 Å². The molecule has 0 aromatic heterocycles. The lowest BCUT2D eigenvalue weighted by molar-refractivity contribution is 0.0692. The Morgan fingerprint density at radius 1 is 1.50 bits per heavy atom. The van der Waals surface area contributed by atoms with Crippen molar-refractivity contribution in [3.8, 4) is 0 Å². The first-order valence-corrected chi connectivity index (χ1v) is 4.21. The van der Waals surface area contributed by atoms with E-state index in [9.17, 15) is 4.79 Å². The lowest BCUT2D eigenvalue weighted by Crippen LogP contribution is -2.38. The maximum atomic E-state index is 10.8. The largest absolute Gasteiger partial charge is 0.478 e. The molecule has 0 aliphatic heterocycles. The molecule has 0 unspecified atom stereocenters. The highest BCUT2D eigenvalue weighted by Gasteiger charge is 2.25. The number of hydrogen-bond acceptors (Lipinski definition) is 3. The molecule has 0 fully saturated rings. The third-order valence-electron chi connectivity index (χ3n) is 2.10. The fraction of sp³-hybridized carbons (Fsp3) is 0.300. The molecular formula is C10H13NO3. The molecular weight excluding hydrogens is 182 g/mol. The molecule has 4 N–H and O–H groups in total. The summed E-state index contributed by atoms with van der Waals surface area (Å²) in [4.78, 5) is 10.8. The number of nitrogens with two attached hydrogens (primary N) is 1. The van der Waals surface area contributed by atoms with Crippen LogP contribution in [0.5, 0.6) is 0 Å². The van der Waals surface area contributed by atoms with Gasteiger partial charge in [-0.3, -0.25) is 0 Å². The zero-order chi connectivity index (χ0) is 10.8. The summed E-state index contributed by atoms with van der Waals surface area (Å²) in [5, 5.41) is 17.9. The number of carboxylic acid groups (broad SMARTS) is 1. The summed E-state index contributed by atoms with van der Waals surface area (Å²) in [5.74, 6) is -1.04. The molecule has 0 aliphatic carbocycles. The van der Waals surface area contributed by atoms with Gasteiger partial charge < -0.3 is 15.9 Å². The Morgan fingerprint density at radius 3 is 2.57 bits per heavy atom. The Balaban J connectivity index is 3.27. The van der Waals surface area contributed by atoms with Gasteiger partial charge in [-0.15, -0.1) is 0 Å². The molecule has 1 aromatic rings. The molecule has 0 aliphatic rings. The van der Waals surface area contributed by atoms with Crippen LogP contribution in [-0.4, -0.2) is 22.8 Å². The van der Waals surface area contributed by atoms with Crippen LogP contribution in [0, 0.1) is 0 Å². The summed E-state index contributed by atoms with van der Waals surface area (Å²) in [6, 6.07) is 6.40. The smallest absolute Gasteiger partial charge is 0.336 e. The van der Waals surface area contributed by atoms with E-state index in [4.69, 9.17) is 15.9 Å². The molecule has 1 aromatic carbocycles. The lowest BCUT2D eigenvalue weighted by Gasteiger charge is -2.23. The maximum Gasteiger partial charge on any atom is 0.336 e. The van der Waals surface area contributed by atoms with Gasteiger partial charge >= 0.3 is 5.97 Å². The molecule has 1 rings (SSSR count). The first kappa shape index (κ1) is 10.7. The summed E-state index contributed by atoms with van der Waals surface area (Å²) in [6.45, 7) is 1.30. The van der Waals surface area contributed by atoms with Crippen LogP contribution in [0.4, 0.5) is 0 Å². The molecule has 1 atom stereocenters. The molecule has 0 amide bonds. The number of aliphatic hydroxyl groups excluding tert-OH is 1. The maximum absolute atomic E-state index is 10.8. The van der Waals surface area contributed by atoms with Gasteiger partial charge in [-0.1, -0.05) is 18.2 Å². The summed E-state index contributed by atoms with van der Waals surface area (Å²) < 4.78 is 0. The van der Waals surface area contributed by atoms with Crippen molar-refractivity contribution in [3.05, 3.63) is 35.4 Å². The van der Waals surface area contributed by atoms with Gasteiger partial charge in [-0.2, -0.15) is 0 Å². The highest BCUT2D eigenvalue weighted by atomic mass is 16.4. The standard InChI is InChI=1S/C10H13NO3/c1-10(11,6-12)8-5-3-2-4-7(8)9(13)14/h2-5,12H,6,11H2,1H3,(H,13,14)/t10-/m1/s1. The second kappa shape index (κ2) is 3.77. The second-order valence-electron chi connectivity index (χ2n) is 3.43. The van der Waals surface area contributed by atoms with Crippen molar-refractivity contribution in [2.45, 2.75) is 12.5 Å². The zero-order valence-corrected chi connectivity index (χ0v) is 7.90. The Bertz CT molecular complexity index is 347. The van der Waals surface area contributed by atoms with Crippen LogP contribution in [0.1, 0.15) is 22.8 Å². The van der Waals surface area contributed by atoms with Gasteiger partial charge in [0.15, 0.2) is 0 Å². The zero-order valence-electron chi connectivity index (χ0n) is 7.90. The Kier molecular flexibility index (Phi) is 2.88. The van der Waals surface area contributed by atoms with Gasteiger partial charge in [0.2, 0.25) is 0 Å². The van der Waals surface area contributed by atoms with Crippen LogP contribution in [0.3, 0.4) is 0 Å². The first-order chi connectivity index (χ1) is 6.49. The summed E-state index contributed by atoms with van der Waals surface area (Å²) in [5.41, 5.74) is 5.31. The van der Waals surface area contributed by atoms with Gasteiger partial charge in [0, 0.05) is 0 Å². The van der Waals surface area contributed by atoms with Crippen LogP contribution in [-0.2, 0) is 5.54 Å². The van der Waals surface area contributed by atoms with E-state index in [2.05, 4.69) is 0 Å². The van der Waals surface area contributed by atoms with Crippen LogP contribution in [0.25, 0.3) is 0 Å². The SMILES string of the molecule is C[C@@](N)(CO)c1ccccc1C(=O)O. The highest BCUT2D eigenvalue weighted by Crippen LogP contribution is 2.21. The second-order valence-corrected chi connectivity index (χ2v) is 3.43. The van der Waals surface area contributed by atoms with Crippen molar-refractivity contribution in [2.24, 2.45) is 5.73 Å². The Morgan fingerprint density at radius 2 is 2.07 bits per heavy atom. The van der Waals surface area contributed by atoms with Crippen LogP contribution >= 0.6 is 0 Å². The molecule has 0 saturated heterocycles. The molecule has 14 heavy (non-hydrogen) atoms. The molecule has 0 spiro atoms. The van der Waals surface area contributed by atoms with Gasteiger partial charge in [-0.05, 0) is 18.6 Å². The topological polar surface area (TPSA) is 83.5 Å². The highest BCUT2D eigenvalue weighted by molar-refractivity contribution is 5.89. The van der Waals surface area contributed by atoms with E-state index in [0.717, 1.165) is 0 Å². The monoisotopic (exact) mass is 195 g/mol. The third kappa shape index (κ3) is 1.92. The summed E-state index contributed by atoms with van der Waals surface area (Å²) >= 11 is 0. The third-order valence-corrected chi connectivity index (χ3v) is 2.10. The Labute approximate surface area is 82.0 Å². The average Bonchev–Trinajstić information content (AvgIpc) is 2.18. The number of aromatic carboxylic acids is 1. The van der Waals surface area contributed by atoms with E-state index in [0.29, 0.717) is 5.56 Å². The van der Waals surface area contributed by atoms with E-state index >= 15 is 0 Å². The number of benzene rings is 1. The summed E-state index contributed by atoms with van der Waals surface area (Å²) in [6.07, 6.45) is 0. The minimum absolute atomic E-state index is 0.131. The fourth-order valence-corrected chi connectivity index (χ4v) is 1.25. The van der Waals surface area contributed by atoms with E-state index in [1.807, 2.05) is 0 Å². The van der Waals surface area contributed by atoms with E-state index in [1.165, 1.54) is 6.07 Å². The molecule has 4 nitrogen and oxygen atoms in total. The van der Waals surface area contributed by atoms with Crippen molar-refractivity contribution in [2.75, 3.05) is 6.61 Å². The number of carbonyl (C=O) groups is 1. The van der Waals surface area contributed by atoms with Gasteiger partial charge in [0.25, 0.3) is 0 Å². The number of rotatable bonds is 3. The molecule has 0 heterocycles. The van der Waals surface area contributed by atoms with Gasteiger partial charge in [0.1, 0.15) is 0 Å². The fourth-order valence-electron chi connectivity index (χ4n) is 1.25. The Hall–Kier alpha value is -1.39. The number of aliphatic hydroxyl groups is 1. The van der Waals surface area contributed by atoms with Gasteiger partial charge in [0.05, 0.1) is 17.7 Å². The number of hydrogen-bond donors (Lipinski definition) is 3. The van der Waals surface area contributed by atoms with E-state index in [1.54, 1.807) is 25.1 Å². The normalized spacial score (nSPS) is 14.8. The average molecular weight is 195 g/mol. The minimum atomic E-state index is -1.04. The van der Waals surface area contributed by atoms with Crippen LogP contribution < -0.4 is 5.73 Å². The molecule has 76 valence electrons. The lowest BCUT2D eigenvalue weighted by atomic mass is 9.90. The minimum Gasteiger partial charge on any atom is -0.478 e. The molecule has 0 saturated carbocycles. The van der Waals surface area contributed by atoms with Gasteiger partial charge in [-0.25, -0.2) is 4.79 Å². The van der Waals surface area contributed by atoms with Crippen molar-refractivity contribution in [3.63, 3.8) is 0 Å². The quantitative estimate of drug-likeness (QED) is 0.657. The molecule has 0 bridgehead atoms. The molecule has 0 radical (unpaired) electrons. The number of carboxylic acids is 1. The van der Waals surface area contributed by atoms with Crippen molar-refractivity contribution in [1.82, 2.24) is 0 Å². The van der Waals surface area contributed by atoms with Crippen molar-refractivity contribution >= 4 is 5.97 Å². The predicted octanol–water partition coefficient (Wildman–Crippen LogP) is 0.551. The predicted molar refractivity (Wildman–Crippen MR) is 52.0 cm³/mol. The first-order valence-electron chi connectivity index (χ1n) is 4.21. The van der Waals surface area contributed by atoms with E-state index < -0.39 is 11.5 Å². The van der Waals surface area contributed by atoms with Crippen molar-refractivity contribution in [1.29, 1.82) is 0 Å². The van der Waals surface area contributed by atoms with Crippen LogP contribution in [0.15, 0.2) is 24.3 Å². The van der Waals surface area contributed by atoms with Crippen LogP contribution in [0.2, 0.25) is 0 Å². The van der Waals surface area contributed by atoms with E-state index in [-0.39, 0.29) is 12.2 Å².